The lowest BCUT2D eigenvalue weighted by atomic mass is 9.98. The fourth-order valence-electron chi connectivity index (χ4n) is 3.29. The zero-order valence-electron chi connectivity index (χ0n) is 16.8. The van der Waals surface area contributed by atoms with Crippen LogP contribution in [0.15, 0.2) is 59.5 Å². The quantitative estimate of drug-likeness (QED) is 0.654. The summed E-state index contributed by atoms with van der Waals surface area (Å²) in [7, 11) is -4.14. The van der Waals surface area contributed by atoms with Gasteiger partial charge in [0.1, 0.15) is 0 Å². The zero-order valence-corrected chi connectivity index (χ0v) is 17.7. The number of amides is 1. The minimum absolute atomic E-state index is 0.0471. The first-order valence-electron chi connectivity index (χ1n) is 9.76. The molecule has 0 aromatic heterocycles. The van der Waals surface area contributed by atoms with Crippen molar-refractivity contribution in [3.63, 3.8) is 0 Å². The van der Waals surface area contributed by atoms with E-state index in [0.29, 0.717) is 11.8 Å². The number of anilines is 1. The van der Waals surface area contributed by atoms with Crippen LogP contribution in [0.4, 0.5) is 18.9 Å². The van der Waals surface area contributed by atoms with Crippen LogP contribution in [0.2, 0.25) is 0 Å². The molecule has 1 aliphatic rings. The van der Waals surface area contributed by atoms with Gasteiger partial charge in [0.25, 0.3) is 5.91 Å². The molecule has 2 aromatic rings. The third kappa shape index (κ3) is 5.86. The molecule has 1 fully saturated rings. The van der Waals surface area contributed by atoms with Crippen LogP contribution in [0.3, 0.4) is 0 Å². The molecule has 1 saturated heterocycles. The monoisotopic (exact) mass is 470 g/mol. The second-order valence-corrected chi connectivity index (χ2v) is 9.16. The molecule has 0 spiro atoms. The van der Waals surface area contributed by atoms with Gasteiger partial charge in [0, 0.05) is 18.8 Å². The van der Waals surface area contributed by atoms with Crippen LogP contribution in [-0.2, 0) is 30.5 Å². The van der Waals surface area contributed by atoms with Crippen LogP contribution < -0.4 is 5.32 Å². The first-order chi connectivity index (χ1) is 15.1. The summed E-state index contributed by atoms with van der Waals surface area (Å²) in [6, 6.07) is 12.2. The van der Waals surface area contributed by atoms with E-state index in [-0.39, 0.29) is 25.9 Å². The van der Waals surface area contributed by atoms with Crippen molar-refractivity contribution >= 4 is 27.6 Å². The number of hydrogen-bond acceptors (Lipinski definition) is 5. The number of nitrogens with zero attached hydrogens (tertiary/aromatic N) is 1. The number of hydrogen-bond donors (Lipinski definition) is 1. The van der Waals surface area contributed by atoms with Gasteiger partial charge in [0.2, 0.25) is 10.0 Å². The van der Waals surface area contributed by atoms with Gasteiger partial charge in [-0.15, -0.1) is 0 Å². The van der Waals surface area contributed by atoms with E-state index in [1.54, 1.807) is 30.3 Å². The average molecular weight is 470 g/mol. The normalized spacial score (nSPS) is 15.8. The molecule has 0 radical (unpaired) electrons. The molecule has 1 N–H and O–H groups in total. The van der Waals surface area contributed by atoms with Gasteiger partial charge < -0.3 is 10.1 Å². The van der Waals surface area contributed by atoms with Gasteiger partial charge >= 0.3 is 12.1 Å². The van der Waals surface area contributed by atoms with Crippen molar-refractivity contribution < 1.29 is 35.9 Å². The number of alkyl halides is 3. The fraction of sp³-hybridized carbons (Fsp3) is 0.333. The van der Waals surface area contributed by atoms with E-state index in [4.69, 9.17) is 4.74 Å². The topological polar surface area (TPSA) is 92.8 Å². The van der Waals surface area contributed by atoms with Gasteiger partial charge in [-0.1, -0.05) is 24.3 Å². The summed E-state index contributed by atoms with van der Waals surface area (Å²) < 4.78 is 70.2. The summed E-state index contributed by atoms with van der Waals surface area (Å²) in [5, 5.41) is 2.58. The Morgan fingerprint density at radius 2 is 1.69 bits per heavy atom. The number of ether oxygens (including phenoxy) is 1. The Balaban J connectivity index is 1.53. The third-order valence-corrected chi connectivity index (χ3v) is 6.88. The number of esters is 1. The molecule has 7 nitrogen and oxygen atoms in total. The highest BCUT2D eigenvalue weighted by atomic mass is 32.2. The van der Waals surface area contributed by atoms with Crippen molar-refractivity contribution in [2.24, 2.45) is 5.92 Å². The van der Waals surface area contributed by atoms with E-state index in [9.17, 15) is 31.2 Å². The van der Waals surface area contributed by atoms with Gasteiger partial charge in [0.15, 0.2) is 6.61 Å². The lowest BCUT2D eigenvalue weighted by Gasteiger charge is -2.30. The Morgan fingerprint density at radius 1 is 1.03 bits per heavy atom. The summed E-state index contributed by atoms with van der Waals surface area (Å²) in [5.41, 5.74) is -0.493. The van der Waals surface area contributed by atoms with E-state index >= 15 is 0 Å². The van der Waals surface area contributed by atoms with Gasteiger partial charge in [-0.3, -0.25) is 9.59 Å². The Hall–Kier alpha value is -2.92. The van der Waals surface area contributed by atoms with Crippen LogP contribution in [0, 0.1) is 5.92 Å². The van der Waals surface area contributed by atoms with Crippen LogP contribution in [-0.4, -0.2) is 44.3 Å². The highest BCUT2D eigenvalue weighted by Gasteiger charge is 2.35. The third-order valence-electron chi connectivity index (χ3n) is 4.99. The molecule has 32 heavy (non-hydrogen) atoms. The number of nitrogens with one attached hydrogen (secondary N) is 1. The smallest absolute Gasteiger partial charge is 0.416 e. The maximum absolute atomic E-state index is 12.9. The second-order valence-electron chi connectivity index (χ2n) is 7.23. The molecule has 0 aliphatic carbocycles. The van der Waals surface area contributed by atoms with Gasteiger partial charge in [-0.2, -0.15) is 17.5 Å². The maximum Gasteiger partial charge on any atom is 0.416 e. The largest absolute Gasteiger partial charge is 0.455 e. The molecular weight excluding hydrogens is 449 g/mol. The zero-order chi connectivity index (χ0) is 23.4. The van der Waals surface area contributed by atoms with Crippen molar-refractivity contribution in [1.82, 2.24) is 4.31 Å². The minimum atomic E-state index is -4.66. The predicted octanol–water partition coefficient (Wildman–Crippen LogP) is 3.29. The van der Waals surface area contributed by atoms with Gasteiger partial charge in [0.05, 0.1) is 16.4 Å². The van der Waals surface area contributed by atoms with Crippen LogP contribution in [0.5, 0.6) is 0 Å². The Kier molecular flexibility index (Phi) is 7.19. The van der Waals surface area contributed by atoms with E-state index < -0.39 is 51.1 Å². The molecule has 0 unspecified atom stereocenters. The molecule has 0 saturated carbocycles. The molecule has 1 heterocycles. The highest BCUT2D eigenvalue weighted by Crippen LogP contribution is 2.32. The van der Waals surface area contributed by atoms with E-state index in [1.165, 1.54) is 0 Å². The number of para-hydroxylation sites is 1. The van der Waals surface area contributed by atoms with Crippen molar-refractivity contribution in [2.45, 2.75) is 23.9 Å². The Bertz CT molecular complexity index is 1070. The lowest BCUT2D eigenvalue weighted by Crippen LogP contribution is -2.41. The molecule has 3 rings (SSSR count). The molecule has 172 valence electrons. The van der Waals surface area contributed by atoms with E-state index in [0.717, 1.165) is 22.5 Å². The highest BCUT2D eigenvalue weighted by molar-refractivity contribution is 7.89. The summed E-state index contributed by atoms with van der Waals surface area (Å²) >= 11 is 0. The fourth-order valence-corrected chi connectivity index (χ4v) is 4.80. The number of carbonyl (C=O) groups excluding carboxylic acids is 2. The predicted molar refractivity (Wildman–Crippen MR) is 109 cm³/mol. The Labute approximate surface area is 183 Å². The van der Waals surface area contributed by atoms with Crippen LogP contribution in [0.1, 0.15) is 18.4 Å². The van der Waals surface area contributed by atoms with E-state index in [1.807, 2.05) is 0 Å². The molecule has 1 amide bonds. The van der Waals surface area contributed by atoms with Crippen molar-refractivity contribution in [2.75, 3.05) is 25.0 Å². The number of carbonyl (C=O) groups is 2. The summed E-state index contributed by atoms with van der Waals surface area (Å²) in [5.74, 6) is -1.73. The molecular formula is C21H21F3N2O5S. The molecule has 2 aromatic carbocycles. The number of piperidine rings is 1. The molecule has 0 atom stereocenters. The van der Waals surface area contributed by atoms with Gasteiger partial charge in [-0.25, -0.2) is 8.42 Å². The molecule has 11 heteroatoms. The number of rotatable bonds is 6. The van der Waals surface area contributed by atoms with Crippen molar-refractivity contribution in [3.05, 3.63) is 60.2 Å². The lowest BCUT2D eigenvalue weighted by molar-refractivity contribution is -0.152. The standard InChI is InChI=1S/C21H21F3N2O5S/c22-21(23,24)16-5-4-8-18(13-16)32(29,30)26-11-9-15(10-12-26)20(28)31-14-19(27)25-17-6-2-1-3-7-17/h1-8,13,15H,9-12,14H2,(H,25,27). The van der Waals surface area contributed by atoms with Crippen molar-refractivity contribution in [1.29, 1.82) is 0 Å². The summed E-state index contributed by atoms with van der Waals surface area (Å²) in [6.07, 6.45) is -4.39. The SMILES string of the molecule is O=C(COC(=O)C1CCN(S(=O)(=O)c2cccc(C(F)(F)F)c2)CC1)Nc1ccccc1. The van der Waals surface area contributed by atoms with Gasteiger partial charge in [-0.05, 0) is 43.2 Å². The van der Waals surface area contributed by atoms with E-state index in [2.05, 4.69) is 5.32 Å². The average Bonchev–Trinajstić information content (AvgIpc) is 2.78. The number of benzene rings is 2. The molecule has 0 bridgehead atoms. The number of halogens is 3. The summed E-state index contributed by atoms with van der Waals surface area (Å²) in [6.45, 7) is -0.570. The maximum atomic E-state index is 12.9. The first-order valence-corrected chi connectivity index (χ1v) is 11.2. The van der Waals surface area contributed by atoms with Crippen LogP contribution in [0.25, 0.3) is 0 Å². The minimum Gasteiger partial charge on any atom is -0.455 e. The van der Waals surface area contributed by atoms with Crippen LogP contribution >= 0.6 is 0 Å². The second kappa shape index (κ2) is 9.70. The summed E-state index contributed by atoms with van der Waals surface area (Å²) in [4.78, 5) is 23.7. The molecule has 1 aliphatic heterocycles. The number of sulfonamides is 1. The van der Waals surface area contributed by atoms with Crippen molar-refractivity contribution in [3.8, 4) is 0 Å². The first kappa shape index (κ1) is 23.7. The Morgan fingerprint density at radius 3 is 2.31 bits per heavy atom.